The molecular formula is C21H24N4O2. The van der Waals surface area contributed by atoms with Crippen molar-refractivity contribution in [2.45, 2.75) is 37.5 Å². The summed E-state index contributed by atoms with van der Waals surface area (Å²) in [6.07, 6.45) is 6.51. The van der Waals surface area contributed by atoms with Gasteiger partial charge in [-0.15, -0.1) is 0 Å². The smallest absolute Gasteiger partial charge is 0.237 e. The van der Waals surface area contributed by atoms with E-state index in [0.717, 1.165) is 49.1 Å². The van der Waals surface area contributed by atoms with E-state index in [9.17, 15) is 9.59 Å². The minimum atomic E-state index is -0.437. The first-order valence-corrected chi connectivity index (χ1v) is 9.82. The quantitative estimate of drug-likeness (QED) is 0.767. The molecule has 0 bridgehead atoms. The molecule has 1 saturated heterocycles. The molecule has 2 amide bonds. The summed E-state index contributed by atoms with van der Waals surface area (Å²) in [5, 5.41) is 3.00. The molecule has 6 nitrogen and oxygen atoms in total. The van der Waals surface area contributed by atoms with Crippen LogP contribution in [0.25, 0.3) is 0 Å². The Hall–Kier alpha value is -2.63. The van der Waals surface area contributed by atoms with Gasteiger partial charge in [-0.3, -0.25) is 14.9 Å². The summed E-state index contributed by atoms with van der Waals surface area (Å²) in [6.45, 7) is 1.43. The molecule has 1 aromatic rings. The van der Waals surface area contributed by atoms with Crippen LogP contribution in [0, 0.1) is 5.92 Å². The summed E-state index contributed by atoms with van der Waals surface area (Å²) in [6, 6.07) is 8.11. The molecule has 1 aliphatic carbocycles. The van der Waals surface area contributed by atoms with E-state index in [2.05, 4.69) is 22.4 Å². The predicted octanol–water partition coefficient (Wildman–Crippen LogP) is 2.17. The Kier molecular flexibility index (Phi) is 3.64. The number of aliphatic imine (C=N–C) groups is 1. The number of benzene rings is 1. The lowest BCUT2D eigenvalue weighted by atomic mass is 9.73. The number of rotatable bonds is 0. The number of nitrogens with one attached hydrogen (secondary N) is 1. The Morgan fingerprint density at radius 2 is 1.96 bits per heavy atom. The fourth-order valence-corrected chi connectivity index (χ4v) is 5.05. The molecule has 6 heteroatoms. The number of nitrogens with zero attached hydrogens (tertiary/aromatic N) is 3. The minimum Gasteiger partial charge on any atom is -0.342 e. The molecule has 1 unspecified atom stereocenters. The predicted molar refractivity (Wildman–Crippen MR) is 103 cm³/mol. The second-order valence-electron chi connectivity index (χ2n) is 7.99. The number of guanidine groups is 1. The van der Waals surface area contributed by atoms with Gasteiger partial charge < -0.3 is 9.80 Å². The Balaban J connectivity index is 1.40. The van der Waals surface area contributed by atoms with Gasteiger partial charge in [0.05, 0.1) is 17.0 Å². The summed E-state index contributed by atoms with van der Waals surface area (Å²) < 4.78 is 0. The van der Waals surface area contributed by atoms with Gasteiger partial charge in [0.15, 0.2) is 0 Å². The Morgan fingerprint density at radius 1 is 1.19 bits per heavy atom. The Morgan fingerprint density at radius 3 is 2.78 bits per heavy atom. The van der Waals surface area contributed by atoms with Gasteiger partial charge in [-0.2, -0.15) is 0 Å². The molecular weight excluding hydrogens is 340 g/mol. The summed E-state index contributed by atoms with van der Waals surface area (Å²) in [4.78, 5) is 34.2. The van der Waals surface area contributed by atoms with E-state index in [1.165, 1.54) is 0 Å². The Labute approximate surface area is 158 Å². The third-order valence-corrected chi connectivity index (χ3v) is 6.61. The summed E-state index contributed by atoms with van der Waals surface area (Å²) in [7, 11) is 1.86. The fourth-order valence-electron chi connectivity index (χ4n) is 5.05. The van der Waals surface area contributed by atoms with Crippen molar-refractivity contribution in [2.24, 2.45) is 10.9 Å². The average Bonchev–Trinajstić information content (AvgIpc) is 2.91. The van der Waals surface area contributed by atoms with Gasteiger partial charge in [-0.05, 0) is 43.7 Å². The topological polar surface area (TPSA) is 65.0 Å². The highest BCUT2D eigenvalue weighted by molar-refractivity contribution is 6.08. The van der Waals surface area contributed by atoms with Crippen molar-refractivity contribution in [1.82, 2.24) is 10.2 Å². The van der Waals surface area contributed by atoms with Gasteiger partial charge in [0.25, 0.3) is 0 Å². The maximum absolute atomic E-state index is 13.1. The SMILES string of the molecule is CN1C(=O)C2(CCN(C3=NC4=CCCCC4C(=O)N3)CC2)c2ccccc21. The number of hydrogen-bond acceptors (Lipinski definition) is 4. The number of anilines is 1. The standard InChI is InChI=1S/C21H24N4O2/c1-24-17-9-5-3-7-15(17)21(19(24)27)10-12-25(13-11-21)20-22-16-8-4-2-6-14(16)18(26)23-20/h3,5,7-9,14H,2,4,6,10-13H2,1H3,(H,22,23,26). The fraction of sp³-hybridized carbons (Fsp3) is 0.476. The van der Waals surface area contributed by atoms with Crippen molar-refractivity contribution in [2.75, 3.05) is 25.0 Å². The van der Waals surface area contributed by atoms with Gasteiger partial charge in [0, 0.05) is 25.8 Å². The molecule has 0 aromatic heterocycles. The van der Waals surface area contributed by atoms with Crippen molar-refractivity contribution < 1.29 is 9.59 Å². The average molecular weight is 364 g/mol. The van der Waals surface area contributed by atoms with Crippen LogP contribution in [0.1, 0.15) is 37.7 Å². The second-order valence-corrected chi connectivity index (χ2v) is 7.99. The van der Waals surface area contributed by atoms with Gasteiger partial charge in [0.2, 0.25) is 17.8 Å². The molecule has 140 valence electrons. The highest BCUT2D eigenvalue weighted by Crippen LogP contribution is 2.47. The molecule has 1 atom stereocenters. The van der Waals surface area contributed by atoms with E-state index >= 15 is 0 Å². The third kappa shape index (κ3) is 2.35. The number of fused-ring (bicyclic) bond motifs is 3. The van der Waals surface area contributed by atoms with E-state index < -0.39 is 5.41 Å². The van der Waals surface area contributed by atoms with Crippen molar-refractivity contribution in [3.8, 4) is 0 Å². The lowest BCUT2D eigenvalue weighted by molar-refractivity contribution is -0.125. The van der Waals surface area contributed by atoms with Crippen molar-refractivity contribution >= 4 is 23.5 Å². The van der Waals surface area contributed by atoms with Crippen LogP contribution in [0.15, 0.2) is 41.0 Å². The molecule has 3 aliphatic heterocycles. The van der Waals surface area contributed by atoms with Gasteiger partial charge in [0.1, 0.15) is 0 Å². The van der Waals surface area contributed by atoms with Crippen LogP contribution in [0.2, 0.25) is 0 Å². The Bertz CT molecular complexity index is 880. The van der Waals surface area contributed by atoms with E-state index in [0.29, 0.717) is 19.0 Å². The number of allylic oxidation sites excluding steroid dienone is 1. The molecule has 0 saturated carbocycles. The van der Waals surface area contributed by atoms with Crippen LogP contribution in [0.3, 0.4) is 0 Å². The molecule has 1 fully saturated rings. The molecule has 1 spiro atoms. The third-order valence-electron chi connectivity index (χ3n) is 6.61. The molecule has 5 rings (SSSR count). The maximum atomic E-state index is 13.1. The van der Waals surface area contributed by atoms with Crippen molar-refractivity contribution in [3.63, 3.8) is 0 Å². The summed E-state index contributed by atoms with van der Waals surface area (Å²) in [5.41, 5.74) is 2.65. The van der Waals surface area contributed by atoms with Gasteiger partial charge >= 0.3 is 0 Å². The zero-order valence-electron chi connectivity index (χ0n) is 15.6. The van der Waals surface area contributed by atoms with Gasteiger partial charge in [-0.25, -0.2) is 4.99 Å². The molecule has 1 N–H and O–H groups in total. The minimum absolute atomic E-state index is 0.0632. The number of hydrogen-bond donors (Lipinski definition) is 1. The molecule has 1 aromatic carbocycles. The van der Waals surface area contributed by atoms with Gasteiger partial charge in [-0.1, -0.05) is 24.3 Å². The van der Waals surface area contributed by atoms with Crippen LogP contribution in [-0.2, 0) is 15.0 Å². The number of carbonyl (C=O) groups is 2. The lowest BCUT2D eigenvalue weighted by Crippen LogP contribution is -2.55. The van der Waals surface area contributed by atoms with E-state index in [1.54, 1.807) is 4.90 Å². The highest BCUT2D eigenvalue weighted by atomic mass is 16.2. The normalized spacial score (nSPS) is 26.3. The monoisotopic (exact) mass is 364 g/mol. The number of piperidine rings is 1. The first-order chi connectivity index (χ1) is 13.1. The lowest BCUT2D eigenvalue weighted by Gasteiger charge is -2.41. The molecule has 27 heavy (non-hydrogen) atoms. The van der Waals surface area contributed by atoms with Crippen LogP contribution in [0.5, 0.6) is 0 Å². The van der Waals surface area contributed by atoms with Crippen LogP contribution in [0.4, 0.5) is 5.69 Å². The number of likely N-dealkylation sites (N-methyl/N-ethyl adjacent to an activating group) is 1. The first-order valence-electron chi connectivity index (χ1n) is 9.82. The van der Waals surface area contributed by atoms with E-state index in [-0.39, 0.29) is 17.7 Å². The number of carbonyl (C=O) groups excluding carboxylic acids is 2. The summed E-state index contributed by atoms with van der Waals surface area (Å²) in [5.74, 6) is 0.822. The zero-order chi connectivity index (χ0) is 18.6. The van der Waals surface area contributed by atoms with E-state index in [4.69, 9.17) is 4.99 Å². The van der Waals surface area contributed by atoms with Crippen LogP contribution < -0.4 is 10.2 Å². The van der Waals surface area contributed by atoms with Crippen molar-refractivity contribution in [3.05, 3.63) is 41.6 Å². The first kappa shape index (κ1) is 16.5. The zero-order valence-corrected chi connectivity index (χ0v) is 15.6. The van der Waals surface area contributed by atoms with Crippen LogP contribution >= 0.6 is 0 Å². The van der Waals surface area contributed by atoms with E-state index in [1.807, 2.05) is 25.2 Å². The maximum Gasteiger partial charge on any atom is 0.237 e. The summed E-state index contributed by atoms with van der Waals surface area (Å²) >= 11 is 0. The van der Waals surface area contributed by atoms with Crippen LogP contribution in [-0.4, -0.2) is 42.8 Å². The number of likely N-dealkylation sites (tertiary alicyclic amines) is 1. The molecule has 0 radical (unpaired) electrons. The van der Waals surface area contributed by atoms with Crippen molar-refractivity contribution in [1.29, 1.82) is 0 Å². The number of amides is 2. The largest absolute Gasteiger partial charge is 0.342 e. The highest BCUT2D eigenvalue weighted by Gasteiger charge is 2.51. The second kappa shape index (κ2) is 5.94. The molecule has 4 aliphatic rings. The number of para-hydroxylation sites is 1. The molecule has 3 heterocycles.